The molecule has 0 radical (unpaired) electrons. The van der Waals surface area contributed by atoms with E-state index in [4.69, 9.17) is 0 Å². The van der Waals surface area contributed by atoms with E-state index in [-0.39, 0.29) is 7.43 Å². The number of hydrogen-bond donors (Lipinski definition) is 0. The Morgan fingerprint density at radius 2 is 1.58 bits per heavy atom. The molecule has 0 aromatic carbocycles. The summed E-state index contributed by atoms with van der Waals surface area (Å²) in [4.78, 5) is 0. The van der Waals surface area contributed by atoms with Gasteiger partial charge in [0, 0.05) is 0 Å². The molecule has 1 saturated carbocycles. The van der Waals surface area contributed by atoms with Crippen LogP contribution in [0.4, 0.5) is 0 Å². The largest absolute Gasteiger partial charge is 0.0776 e. The fraction of sp³-hybridized carbons (Fsp3) is 1.00. The minimum atomic E-state index is 0. The highest BCUT2D eigenvalue weighted by atomic mass is 14.3. The lowest BCUT2D eigenvalue weighted by molar-refractivity contribution is 0.314. The van der Waals surface area contributed by atoms with Gasteiger partial charge in [-0.15, -0.1) is 0 Å². The summed E-state index contributed by atoms with van der Waals surface area (Å²) in [6.07, 6.45) is 4.44. The van der Waals surface area contributed by atoms with E-state index in [0.29, 0.717) is 0 Å². The predicted molar refractivity (Wildman–Crippen MR) is 59.4 cm³/mol. The van der Waals surface area contributed by atoms with E-state index in [1.807, 2.05) is 13.8 Å². The van der Waals surface area contributed by atoms with Gasteiger partial charge in [0.05, 0.1) is 0 Å². The van der Waals surface area contributed by atoms with E-state index in [0.717, 1.165) is 17.8 Å². The standard InChI is InChI=1S/C9H18.C2H6.CH4/c1-7(2)9-6-4-5-8(9)3;1-2;/h7-9H,4-6H2,1-3H3;1-2H3;1H4. The molecule has 0 N–H and O–H groups in total. The van der Waals surface area contributed by atoms with Gasteiger partial charge in [0.15, 0.2) is 0 Å². The number of rotatable bonds is 1. The van der Waals surface area contributed by atoms with Crippen molar-refractivity contribution in [2.75, 3.05) is 0 Å². The topological polar surface area (TPSA) is 0 Å². The highest BCUT2D eigenvalue weighted by molar-refractivity contribution is 4.75. The third kappa shape index (κ3) is 4.13. The van der Waals surface area contributed by atoms with Crippen LogP contribution in [0, 0.1) is 17.8 Å². The molecule has 0 nitrogen and oxygen atoms in total. The Balaban J connectivity index is 0. The second-order valence-corrected chi connectivity index (χ2v) is 3.82. The van der Waals surface area contributed by atoms with Crippen LogP contribution in [0.25, 0.3) is 0 Å². The van der Waals surface area contributed by atoms with Gasteiger partial charge in [0.2, 0.25) is 0 Å². The van der Waals surface area contributed by atoms with Crippen LogP contribution in [0.5, 0.6) is 0 Å². The van der Waals surface area contributed by atoms with Gasteiger partial charge in [-0.2, -0.15) is 0 Å². The fourth-order valence-electron chi connectivity index (χ4n) is 2.16. The second-order valence-electron chi connectivity index (χ2n) is 3.82. The Bertz CT molecular complexity index is 84.0. The maximum absolute atomic E-state index is 2.40. The van der Waals surface area contributed by atoms with Crippen molar-refractivity contribution in [1.29, 1.82) is 0 Å². The minimum Gasteiger partial charge on any atom is -0.0776 e. The van der Waals surface area contributed by atoms with Gasteiger partial charge in [-0.1, -0.05) is 54.9 Å². The van der Waals surface area contributed by atoms with Gasteiger partial charge in [-0.05, 0) is 24.2 Å². The summed E-state index contributed by atoms with van der Waals surface area (Å²) < 4.78 is 0. The molecule has 2 atom stereocenters. The monoisotopic (exact) mass is 172 g/mol. The molecule has 0 aliphatic heterocycles. The zero-order valence-corrected chi connectivity index (χ0v) is 8.85. The maximum Gasteiger partial charge on any atom is -0.0365 e. The van der Waals surface area contributed by atoms with Crippen LogP contribution < -0.4 is 0 Å². The summed E-state index contributed by atoms with van der Waals surface area (Å²) in [5.41, 5.74) is 0. The average Bonchev–Trinajstić information content (AvgIpc) is 2.39. The molecule has 0 heterocycles. The third-order valence-electron chi connectivity index (χ3n) is 2.78. The van der Waals surface area contributed by atoms with Gasteiger partial charge in [0.25, 0.3) is 0 Å². The lowest BCUT2D eigenvalue weighted by Crippen LogP contribution is -2.10. The van der Waals surface area contributed by atoms with Crippen LogP contribution in [0.15, 0.2) is 0 Å². The van der Waals surface area contributed by atoms with Gasteiger partial charge in [-0.25, -0.2) is 0 Å². The molecule has 76 valence electrons. The quantitative estimate of drug-likeness (QED) is 0.536. The molecule has 0 aromatic rings. The first-order valence-corrected chi connectivity index (χ1v) is 5.22. The molecule has 0 bridgehead atoms. The lowest BCUT2D eigenvalue weighted by Gasteiger charge is -2.18. The van der Waals surface area contributed by atoms with Crippen LogP contribution >= 0.6 is 0 Å². The smallest absolute Gasteiger partial charge is 0.0365 e. The first kappa shape index (κ1) is 14.5. The molecule has 0 heteroatoms. The second kappa shape index (κ2) is 7.64. The van der Waals surface area contributed by atoms with Crippen molar-refractivity contribution in [1.82, 2.24) is 0 Å². The lowest BCUT2D eigenvalue weighted by atomic mass is 9.87. The van der Waals surface area contributed by atoms with Crippen LogP contribution in [0.2, 0.25) is 0 Å². The van der Waals surface area contributed by atoms with Crippen LogP contribution in [0.1, 0.15) is 61.3 Å². The third-order valence-corrected chi connectivity index (χ3v) is 2.78. The predicted octanol–water partition coefficient (Wildman–Crippen LogP) is 4.74. The fourth-order valence-corrected chi connectivity index (χ4v) is 2.16. The highest BCUT2D eigenvalue weighted by Crippen LogP contribution is 2.35. The molecule has 1 aliphatic rings. The molecule has 2 unspecified atom stereocenters. The average molecular weight is 172 g/mol. The summed E-state index contributed by atoms with van der Waals surface area (Å²) in [6.45, 7) is 11.1. The number of hydrogen-bond acceptors (Lipinski definition) is 0. The molecule has 12 heavy (non-hydrogen) atoms. The normalized spacial score (nSPS) is 27.5. The molecule has 0 saturated heterocycles. The molecule has 0 aromatic heterocycles. The highest BCUT2D eigenvalue weighted by Gasteiger charge is 2.25. The summed E-state index contributed by atoms with van der Waals surface area (Å²) in [5.74, 6) is 2.96. The van der Waals surface area contributed by atoms with E-state index < -0.39 is 0 Å². The molecule has 1 rings (SSSR count). The van der Waals surface area contributed by atoms with E-state index >= 15 is 0 Å². The minimum absolute atomic E-state index is 0. The Morgan fingerprint density at radius 3 is 1.75 bits per heavy atom. The van der Waals surface area contributed by atoms with Crippen LogP contribution in [0.3, 0.4) is 0 Å². The van der Waals surface area contributed by atoms with Crippen LogP contribution in [-0.4, -0.2) is 0 Å². The van der Waals surface area contributed by atoms with Crippen molar-refractivity contribution in [3.8, 4) is 0 Å². The molecule has 0 spiro atoms. The Kier molecular flexibility index (Phi) is 9.24. The van der Waals surface area contributed by atoms with Gasteiger partial charge < -0.3 is 0 Å². The van der Waals surface area contributed by atoms with Crippen molar-refractivity contribution in [3.63, 3.8) is 0 Å². The van der Waals surface area contributed by atoms with Crippen molar-refractivity contribution in [3.05, 3.63) is 0 Å². The first-order valence-electron chi connectivity index (χ1n) is 5.22. The summed E-state index contributed by atoms with van der Waals surface area (Å²) in [5, 5.41) is 0. The SMILES string of the molecule is C.CC.CC(C)C1CCCC1C. The van der Waals surface area contributed by atoms with Crippen molar-refractivity contribution >= 4 is 0 Å². The van der Waals surface area contributed by atoms with Crippen molar-refractivity contribution < 1.29 is 0 Å². The Hall–Kier alpha value is 0. The summed E-state index contributed by atoms with van der Waals surface area (Å²) in [6, 6.07) is 0. The van der Waals surface area contributed by atoms with Crippen molar-refractivity contribution in [2.24, 2.45) is 17.8 Å². The molecular weight excluding hydrogens is 144 g/mol. The van der Waals surface area contributed by atoms with Crippen LogP contribution in [-0.2, 0) is 0 Å². The van der Waals surface area contributed by atoms with E-state index in [1.165, 1.54) is 19.3 Å². The molecule has 0 amide bonds. The van der Waals surface area contributed by atoms with Gasteiger partial charge in [-0.3, -0.25) is 0 Å². The maximum atomic E-state index is 2.40. The molecule has 1 aliphatic carbocycles. The van der Waals surface area contributed by atoms with Crippen molar-refractivity contribution in [2.45, 2.75) is 61.3 Å². The van der Waals surface area contributed by atoms with E-state index in [2.05, 4.69) is 20.8 Å². The molecular formula is C12H28. The summed E-state index contributed by atoms with van der Waals surface area (Å²) in [7, 11) is 0. The Morgan fingerprint density at radius 1 is 1.08 bits per heavy atom. The van der Waals surface area contributed by atoms with E-state index in [1.54, 1.807) is 0 Å². The Labute approximate surface area is 79.8 Å². The van der Waals surface area contributed by atoms with Gasteiger partial charge in [0.1, 0.15) is 0 Å². The first-order chi connectivity index (χ1) is 5.22. The zero-order chi connectivity index (χ0) is 8.85. The van der Waals surface area contributed by atoms with E-state index in [9.17, 15) is 0 Å². The summed E-state index contributed by atoms with van der Waals surface area (Å²) >= 11 is 0. The molecule has 1 fully saturated rings. The van der Waals surface area contributed by atoms with Gasteiger partial charge >= 0.3 is 0 Å². The zero-order valence-electron chi connectivity index (χ0n) is 8.85.